The summed E-state index contributed by atoms with van der Waals surface area (Å²) >= 11 is 0. The van der Waals surface area contributed by atoms with Crippen molar-refractivity contribution in [1.82, 2.24) is 0 Å². The van der Waals surface area contributed by atoms with Crippen LogP contribution in [0.15, 0.2) is 0 Å². The second-order valence-electron chi connectivity index (χ2n) is 14.6. The fourth-order valence-electron chi connectivity index (χ4n) is 5.54. The Kier molecular flexibility index (Phi) is 32.2. The molecule has 0 saturated carbocycles. The van der Waals surface area contributed by atoms with Crippen LogP contribution >= 0.6 is 7.82 Å². The number of carbonyl (C=O) groups excluding carboxylic acids is 2. The first-order chi connectivity index (χ1) is 23.4. The Bertz CT molecular complexity index is 822. The molecular weight excluding hydrogens is 647 g/mol. The molecule has 0 rings (SSSR count). The van der Waals surface area contributed by atoms with Crippen LogP contribution < -0.4 is 0 Å². The van der Waals surface area contributed by atoms with E-state index >= 15 is 0 Å². The van der Waals surface area contributed by atoms with Gasteiger partial charge in [-0.05, 0) is 24.7 Å². The van der Waals surface area contributed by atoms with Crippen molar-refractivity contribution < 1.29 is 47.8 Å². The Morgan fingerprint density at radius 1 is 0.551 bits per heavy atom. The average Bonchev–Trinajstić information content (AvgIpc) is 3.05. The summed E-state index contributed by atoms with van der Waals surface area (Å²) in [5.41, 5.74) is 0. The van der Waals surface area contributed by atoms with E-state index in [0.29, 0.717) is 12.8 Å². The van der Waals surface area contributed by atoms with Crippen LogP contribution in [0.1, 0.15) is 182 Å². The molecule has 0 fully saturated rings. The second-order valence-corrected chi connectivity index (χ2v) is 16.1. The van der Waals surface area contributed by atoms with Gasteiger partial charge in [-0.2, -0.15) is 0 Å². The van der Waals surface area contributed by atoms with Gasteiger partial charge < -0.3 is 24.6 Å². The third-order valence-corrected chi connectivity index (χ3v) is 9.57. The fraction of sp³-hybridized carbons (Fsp3) is 0.947. The van der Waals surface area contributed by atoms with E-state index in [4.69, 9.17) is 19.1 Å². The number of esters is 2. The molecule has 10 nitrogen and oxygen atoms in total. The molecule has 0 aromatic heterocycles. The zero-order chi connectivity index (χ0) is 36.6. The lowest BCUT2D eigenvalue weighted by Gasteiger charge is -2.20. The Morgan fingerprint density at radius 3 is 1.33 bits per heavy atom. The van der Waals surface area contributed by atoms with E-state index in [-0.39, 0.29) is 19.4 Å². The molecule has 11 heteroatoms. The average molecular weight is 723 g/mol. The normalized spacial score (nSPS) is 14.2. The summed E-state index contributed by atoms with van der Waals surface area (Å²) < 4.78 is 32.6. The minimum Gasteiger partial charge on any atom is -0.462 e. The van der Waals surface area contributed by atoms with Gasteiger partial charge >= 0.3 is 19.8 Å². The second kappa shape index (κ2) is 32.8. The lowest BCUT2D eigenvalue weighted by atomic mass is 10.0. The van der Waals surface area contributed by atoms with Crippen molar-refractivity contribution in [2.24, 2.45) is 11.8 Å². The number of unbranched alkanes of at least 4 members (excludes halogenated alkanes) is 18. The SMILES string of the molecule is CC(C)CCCCCCCCCCCCCCCC(=O)O[C@H](COC(=O)CCCCCCCCCC(C)C)COP(=O)(O)OC[C@@H](O)CO. The highest BCUT2D eigenvalue weighted by Crippen LogP contribution is 2.43. The van der Waals surface area contributed by atoms with Crippen molar-refractivity contribution in [3.63, 3.8) is 0 Å². The van der Waals surface area contributed by atoms with Crippen molar-refractivity contribution >= 4 is 19.8 Å². The molecular formula is C38H75O10P. The maximum Gasteiger partial charge on any atom is 0.472 e. The molecule has 0 aliphatic heterocycles. The van der Waals surface area contributed by atoms with E-state index < -0.39 is 51.8 Å². The topological polar surface area (TPSA) is 149 Å². The number of carbonyl (C=O) groups is 2. The summed E-state index contributed by atoms with van der Waals surface area (Å²) in [7, 11) is -4.60. The smallest absolute Gasteiger partial charge is 0.462 e. The van der Waals surface area contributed by atoms with E-state index in [1.54, 1.807) is 0 Å². The number of aliphatic hydroxyl groups excluding tert-OH is 2. The van der Waals surface area contributed by atoms with Crippen LogP contribution in [0.4, 0.5) is 0 Å². The zero-order valence-electron chi connectivity index (χ0n) is 31.8. The third kappa shape index (κ3) is 35.2. The summed E-state index contributed by atoms with van der Waals surface area (Å²) in [6, 6.07) is 0. The number of aliphatic hydroxyl groups is 2. The first kappa shape index (κ1) is 48.0. The minimum absolute atomic E-state index is 0.190. The Labute approximate surface area is 299 Å². The quantitative estimate of drug-likeness (QED) is 0.0324. The standard InChI is InChI=1S/C38H75O10P/c1-33(2)25-21-17-13-10-8-6-5-7-9-11-15-20-24-28-38(42)48-36(32-47-49(43,44)46-30-35(40)29-39)31-45-37(41)27-23-19-16-12-14-18-22-26-34(3)4/h33-36,39-40H,5-32H2,1-4H3,(H,43,44)/t35-,36+/m0/s1. The van der Waals surface area contributed by atoms with Gasteiger partial charge in [0.25, 0.3) is 0 Å². The summed E-state index contributed by atoms with van der Waals surface area (Å²) in [5.74, 6) is 0.642. The highest BCUT2D eigenvalue weighted by Gasteiger charge is 2.27. The summed E-state index contributed by atoms with van der Waals surface area (Å²) in [6.07, 6.45) is 23.8. The van der Waals surface area contributed by atoms with E-state index in [1.165, 1.54) is 89.9 Å². The van der Waals surface area contributed by atoms with Crippen molar-refractivity contribution in [1.29, 1.82) is 0 Å². The number of phosphoric ester groups is 1. The van der Waals surface area contributed by atoms with Gasteiger partial charge in [-0.3, -0.25) is 18.6 Å². The zero-order valence-corrected chi connectivity index (χ0v) is 32.6. The van der Waals surface area contributed by atoms with Gasteiger partial charge in [0.1, 0.15) is 12.7 Å². The molecule has 49 heavy (non-hydrogen) atoms. The van der Waals surface area contributed by atoms with Gasteiger partial charge in [0, 0.05) is 12.8 Å². The number of ether oxygens (including phenoxy) is 2. The Balaban J connectivity index is 4.30. The summed E-state index contributed by atoms with van der Waals surface area (Å²) in [4.78, 5) is 34.8. The Hall–Kier alpha value is -1.03. The highest BCUT2D eigenvalue weighted by molar-refractivity contribution is 7.47. The first-order valence-electron chi connectivity index (χ1n) is 19.7. The van der Waals surface area contributed by atoms with Gasteiger partial charge in [0.05, 0.1) is 19.8 Å². The first-order valence-corrected chi connectivity index (χ1v) is 21.2. The van der Waals surface area contributed by atoms with Crippen LogP contribution in [0.25, 0.3) is 0 Å². The molecule has 0 amide bonds. The summed E-state index contributed by atoms with van der Waals surface area (Å²) in [6.45, 7) is 6.97. The van der Waals surface area contributed by atoms with Gasteiger partial charge in [-0.25, -0.2) is 4.57 Å². The lowest BCUT2D eigenvalue weighted by Crippen LogP contribution is -2.29. The molecule has 0 radical (unpaired) electrons. The van der Waals surface area contributed by atoms with Crippen molar-refractivity contribution in [2.45, 2.75) is 194 Å². The van der Waals surface area contributed by atoms with Crippen molar-refractivity contribution in [3.05, 3.63) is 0 Å². The van der Waals surface area contributed by atoms with Crippen LogP contribution in [0.2, 0.25) is 0 Å². The molecule has 0 spiro atoms. The molecule has 3 atom stereocenters. The molecule has 0 bridgehead atoms. The fourth-order valence-corrected chi connectivity index (χ4v) is 6.33. The van der Waals surface area contributed by atoms with Crippen LogP contribution in [0, 0.1) is 11.8 Å². The van der Waals surface area contributed by atoms with Gasteiger partial charge in [0.2, 0.25) is 0 Å². The van der Waals surface area contributed by atoms with Crippen LogP contribution in [-0.2, 0) is 32.7 Å². The molecule has 3 N–H and O–H groups in total. The molecule has 0 aliphatic carbocycles. The van der Waals surface area contributed by atoms with E-state index in [9.17, 15) is 24.2 Å². The third-order valence-electron chi connectivity index (χ3n) is 8.62. The number of hydrogen-bond donors (Lipinski definition) is 3. The molecule has 0 heterocycles. The lowest BCUT2D eigenvalue weighted by molar-refractivity contribution is -0.161. The van der Waals surface area contributed by atoms with Crippen LogP contribution in [0.3, 0.4) is 0 Å². The van der Waals surface area contributed by atoms with Crippen LogP contribution in [-0.4, -0.2) is 65.7 Å². The van der Waals surface area contributed by atoms with E-state index in [0.717, 1.165) is 50.4 Å². The summed E-state index contributed by atoms with van der Waals surface area (Å²) in [5, 5.41) is 18.3. The molecule has 292 valence electrons. The number of rotatable bonds is 36. The highest BCUT2D eigenvalue weighted by atomic mass is 31.2. The predicted octanol–water partition coefficient (Wildman–Crippen LogP) is 9.60. The largest absolute Gasteiger partial charge is 0.472 e. The van der Waals surface area contributed by atoms with Gasteiger partial charge in [-0.1, -0.05) is 156 Å². The molecule has 0 aromatic carbocycles. The monoisotopic (exact) mass is 723 g/mol. The van der Waals surface area contributed by atoms with Crippen LogP contribution in [0.5, 0.6) is 0 Å². The predicted molar refractivity (Wildman–Crippen MR) is 196 cm³/mol. The van der Waals surface area contributed by atoms with E-state index in [1.807, 2.05) is 0 Å². The number of hydrogen-bond acceptors (Lipinski definition) is 9. The van der Waals surface area contributed by atoms with Crippen molar-refractivity contribution in [3.8, 4) is 0 Å². The molecule has 0 aliphatic rings. The Morgan fingerprint density at radius 2 is 0.918 bits per heavy atom. The maximum atomic E-state index is 12.6. The molecule has 0 saturated heterocycles. The molecule has 0 aromatic rings. The van der Waals surface area contributed by atoms with Gasteiger partial charge in [0.15, 0.2) is 6.10 Å². The van der Waals surface area contributed by atoms with E-state index in [2.05, 4.69) is 32.2 Å². The minimum atomic E-state index is -4.60. The molecule has 1 unspecified atom stereocenters. The van der Waals surface area contributed by atoms with Crippen molar-refractivity contribution in [2.75, 3.05) is 26.4 Å². The maximum absolute atomic E-state index is 12.6. The number of phosphoric acid groups is 1. The van der Waals surface area contributed by atoms with Gasteiger partial charge in [-0.15, -0.1) is 0 Å².